The number of hydrogen-bond acceptors (Lipinski definition) is 2. The maximum absolute atomic E-state index is 5.19. The molecule has 0 aliphatic rings. The monoisotopic (exact) mass is 349 g/mol. The molecule has 0 aromatic heterocycles. The first-order chi connectivity index (χ1) is 7.67. The van der Waals surface area contributed by atoms with Crippen molar-refractivity contribution in [2.24, 2.45) is 0 Å². The van der Waals surface area contributed by atoms with Crippen LogP contribution in [0.4, 0.5) is 0 Å². The number of halogens is 2. The summed E-state index contributed by atoms with van der Waals surface area (Å²) in [7, 11) is 1.68. The summed E-state index contributed by atoms with van der Waals surface area (Å²) in [5.41, 5.74) is 1.26. The SMILES string of the molecule is COc1ccc(CNC(C)CCBr)cc1Br. The van der Waals surface area contributed by atoms with Gasteiger partial charge in [0, 0.05) is 17.9 Å². The molecule has 0 saturated carbocycles. The molecular formula is C12H17Br2NO. The van der Waals surface area contributed by atoms with E-state index in [2.05, 4.69) is 56.2 Å². The quantitative estimate of drug-likeness (QED) is 0.789. The first-order valence-electron chi connectivity index (χ1n) is 5.29. The van der Waals surface area contributed by atoms with Crippen LogP contribution < -0.4 is 10.1 Å². The predicted octanol–water partition coefficient (Wildman–Crippen LogP) is 3.72. The lowest BCUT2D eigenvalue weighted by Crippen LogP contribution is -2.25. The van der Waals surface area contributed by atoms with Gasteiger partial charge in [-0.1, -0.05) is 22.0 Å². The van der Waals surface area contributed by atoms with Gasteiger partial charge in [-0.25, -0.2) is 0 Å². The summed E-state index contributed by atoms with van der Waals surface area (Å²) in [5.74, 6) is 0.872. The van der Waals surface area contributed by atoms with Crippen LogP contribution in [0.25, 0.3) is 0 Å². The van der Waals surface area contributed by atoms with Gasteiger partial charge in [-0.2, -0.15) is 0 Å². The maximum atomic E-state index is 5.19. The Balaban J connectivity index is 2.51. The van der Waals surface area contributed by atoms with Crippen molar-refractivity contribution < 1.29 is 4.74 Å². The molecule has 0 radical (unpaired) electrons. The van der Waals surface area contributed by atoms with Gasteiger partial charge in [-0.15, -0.1) is 0 Å². The molecule has 0 spiro atoms. The van der Waals surface area contributed by atoms with Gasteiger partial charge in [0.1, 0.15) is 5.75 Å². The minimum atomic E-state index is 0.528. The van der Waals surface area contributed by atoms with E-state index >= 15 is 0 Å². The lowest BCUT2D eigenvalue weighted by molar-refractivity contribution is 0.412. The summed E-state index contributed by atoms with van der Waals surface area (Å²) in [5, 5.41) is 4.51. The van der Waals surface area contributed by atoms with E-state index in [1.807, 2.05) is 6.07 Å². The number of alkyl halides is 1. The van der Waals surface area contributed by atoms with Gasteiger partial charge < -0.3 is 10.1 Å². The average Bonchev–Trinajstić information content (AvgIpc) is 2.27. The van der Waals surface area contributed by atoms with E-state index in [0.29, 0.717) is 6.04 Å². The number of nitrogens with one attached hydrogen (secondary N) is 1. The summed E-state index contributed by atoms with van der Waals surface area (Å²) in [6.07, 6.45) is 1.14. The number of methoxy groups -OCH3 is 1. The number of hydrogen-bond donors (Lipinski definition) is 1. The molecule has 0 amide bonds. The third-order valence-electron chi connectivity index (χ3n) is 2.41. The van der Waals surface area contributed by atoms with Crippen molar-refractivity contribution in [2.45, 2.75) is 25.9 Å². The highest BCUT2D eigenvalue weighted by Crippen LogP contribution is 2.25. The molecule has 1 atom stereocenters. The van der Waals surface area contributed by atoms with Crippen LogP contribution in [0.1, 0.15) is 18.9 Å². The molecule has 16 heavy (non-hydrogen) atoms. The second kappa shape index (κ2) is 7.30. The molecule has 0 aliphatic carbocycles. The molecule has 1 N–H and O–H groups in total. The molecule has 1 unspecified atom stereocenters. The van der Waals surface area contributed by atoms with Crippen LogP contribution >= 0.6 is 31.9 Å². The lowest BCUT2D eigenvalue weighted by atomic mass is 10.2. The van der Waals surface area contributed by atoms with Gasteiger partial charge in [-0.3, -0.25) is 0 Å². The standard InChI is InChI=1S/C12H17Br2NO/c1-9(5-6-13)15-8-10-3-4-12(16-2)11(14)7-10/h3-4,7,9,15H,5-6,8H2,1-2H3. The molecule has 90 valence electrons. The molecule has 1 aromatic carbocycles. The summed E-state index contributed by atoms with van der Waals surface area (Å²) < 4.78 is 6.19. The Labute approximate surface area is 114 Å². The summed E-state index contributed by atoms with van der Waals surface area (Å²) in [6, 6.07) is 6.68. The molecular weight excluding hydrogens is 334 g/mol. The second-order valence-electron chi connectivity index (χ2n) is 3.73. The third-order valence-corrected chi connectivity index (χ3v) is 3.49. The van der Waals surface area contributed by atoms with E-state index in [4.69, 9.17) is 4.74 Å². The van der Waals surface area contributed by atoms with Crippen molar-refractivity contribution in [1.82, 2.24) is 5.32 Å². The number of rotatable bonds is 6. The van der Waals surface area contributed by atoms with Crippen LogP contribution in [0, 0.1) is 0 Å². The highest BCUT2D eigenvalue weighted by atomic mass is 79.9. The van der Waals surface area contributed by atoms with Gasteiger partial charge in [0.25, 0.3) is 0 Å². The largest absolute Gasteiger partial charge is 0.496 e. The molecule has 2 nitrogen and oxygen atoms in total. The molecule has 0 fully saturated rings. The minimum Gasteiger partial charge on any atom is -0.496 e. The Bertz CT molecular complexity index is 331. The van der Waals surface area contributed by atoms with Crippen molar-refractivity contribution >= 4 is 31.9 Å². The fourth-order valence-corrected chi connectivity index (χ4v) is 2.65. The van der Waals surface area contributed by atoms with E-state index in [-0.39, 0.29) is 0 Å². The second-order valence-corrected chi connectivity index (χ2v) is 5.38. The molecule has 4 heteroatoms. The topological polar surface area (TPSA) is 21.3 Å². The molecule has 0 aliphatic heterocycles. The van der Waals surface area contributed by atoms with Crippen LogP contribution in [-0.2, 0) is 6.54 Å². The Morgan fingerprint density at radius 3 is 2.75 bits per heavy atom. The van der Waals surface area contributed by atoms with Crippen molar-refractivity contribution in [3.8, 4) is 5.75 Å². The summed E-state index contributed by atoms with van der Waals surface area (Å²) in [6.45, 7) is 3.08. The van der Waals surface area contributed by atoms with Crippen molar-refractivity contribution in [2.75, 3.05) is 12.4 Å². The van der Waals surface area contributed by atoms with E-state index in [1.54, 1.807) is 7.11 Å². The van der Waals surface area contributed by atoms with Gasteiger partial charge >= 0.3 is 0 Å². The first-order valence-corrected chi connectivity index (χ1v) is 7.20. The van der Waals surface area contributed by atoms with Gasteiger partial charge in [0.05, 0.1) is 11.6 Å². The third kappa shape index (κ3) is 4.44. The van der Waals surface area contributed by atoms with Crippen LogP contribution in [-0.4, -0.2) is 18.5 Å². The number of benzene rings is 1. The van der Waals surface area contributed by atoms with Crippen LogP contribution in [0.3, 0.4) is 0 Å². The lowest BCUT2D eigenvalue weighted by Gasteiger charge is -2.13. The molecule has 0 bridgehead atoms. The zero-order valence-corrected chi connectivity index (χ0v) is 12.8. The van der Waals surface area contributed by atoms with E-state index in [0.717, 1.165) is 28.5 Å². The Hall–Kier alpha value is -0.0600. The zero-order chi connectivity index (χ0) is 12.0. The first kappa shape index (κ1) is 14.0. The van der Waals surface area contributed by atoms with Crippen LogP contribution in [0.5, 0.6) is 5.75 Å². The maximum Gasteiger partial charge on any atom is 0.133 e. The molecule has 0 heterocycles. The van der Waals surface area contributed by atoms with Gasteiger partial charge in [-0.05, 0) is 47.0 Å². The zero-order valence-electron chi connectivity index (χ0n) is 9.59. The van der Waals surface area contributed by atoms with E-state index < -0.39 is 0 Å². The molecule has 0 saturated heterocycles. The predicted molar refractivity (Wildman–Crippen MR) is 75.4 cm³/mol. The molecule has 1 rings (SSSR count). The van der Waals surface area contributed by atoms with Crippen LogP contribution in [0.2, 0.25) is 0 Å². The Morgan fingerprint density at radius 1 is 1.44 bits per heavy atom. The average molecular weight is 351 g/mol. The normalized spacial score (nSPS) is 12.5. The minimum absolute atomic E-state index is 0.528. The van der Waals surface area contributed by atoms with Crippen molar-refractivity contribution in [3.05, 3.63) is 28.2 Å². The van der Waals surface area contributed by atoms with Crippen molar-refractivity contribution in [1.29, 1.82) is 0 Å². The van der Waals surface area contributed by atoms with Gasteiger partial charge in [0.2, 0.25) is 0 Å². The Kier molecular flexibility index (Phi) is 6.39. The summed E-state index contributed by atoms with van der Waals surface area (Å²) >= 11 is 6.93. The highest BCUT2D eigenvalue weighted by molar-refractivity contribution is 9.10. The van der Waals surface area contributed by atoms with Gasteiger partial charge in [0.15, 0.2) is 0 Å². The fourth-order valence-electron chi connectivity index (χ4n) is 1.38. The van der Waals surface area contributed by atoms with Crippen molar-refractivity contribution in [3.63, 3.8) is 0 Å². The highest BCUT2D eigenvalue weighted by Gasteiger charge is 2.03. The van der Waals surface area contributed by atoms with Crippen LogP contribution in [0.15, 0.2) is 22.7 Å². The number of ether oxygens (including phenoxy) is 1. The molecule has 1 aromatic rings. The summed E-state index contributed by atoms with van der Waals surface area (Å²) in [4.78, 5) is 0. The van der Waals surface area contributed by atoms with E-state index in [9.17, 15) is 0 Å². The fraction of sp³-hybridized carbons (Fsp3) is 0.500. The Morgan fingerprint density at radius 2 is 2.19 bits per heavy atom. The smallest absolute Gasteiger partial charge is 0.133 e. The van der Waals surface area contributed by atoms with E-state index in [1.165, 1.54) is 5.56 Å².